The SMILES string of the molecule is CC(C)CCCO.CC(C)CCCO.CC(C)CCCO.[SiH3]Cl. The molecule has 146 valence electrons. The van der Waals surface area contributed by atoms with Gasteiger partial charge in [0.25, 0.3) is 0 Å². The summed E-state index contributed by atoms with van der Waals surface area (Å²) in [6.45, 7) is 14.0. The first kappa shape index (κ1) is 31.2. The third-order valence-corrected chi connectivity index (χ3v) is 2.82. The summed E-state index contributed by atoms with van der Waals surface area (Å²) in [5.74, 6) is 2.23. The Morgan fingerprint density at radius 3 is 0.783 bits per heavy atom. The fourth-order valence-electron chi connectivity index (χ4n) is 1.50. The van der Waals surface area contributed by atoms with Crippen molar-refractivity contribution in [2.45, 2.75) is 80.1 Å². The molecule has 0 spiro atoms. The summed E-state index contributed by atoms with van der Waals surface area (Å²) < 4.78 is 0. The molecule has 0 radical (unpaired) electrons. The molecule has 0 aromatic heterocycles. The molecule has 0 rings (SSSR count). The Hall–Kier alpha value is 0.387. The zero-order chi connectivity index (χ0) is 19.1. The van der Waals surface area contributed by atoms with E-state index in [4.69, 9.17) is 26.4 Å². The Morgan fingerprint density at radius 1 is 0.565 bits per heavy atom. The van der Waals surface area contributed by atoms with Gasteiger partial charge in [-0.05, 0) is 56.3 Å². The van der Waals surface area contributed by atoms with Crippen LogP contribution >= 0.6 is 11.1 Å². The van der Waals surface area contributed by atoms with Crippen LogP contribution < -0.4 is 0 Å². The molecule has 5 heteroatoms. The minimum atomic E-state index is 0.345. The maximum absolute atomic E-state index is 8.32. The number of aliphatic hydroxyl groups excluding tert-OH is 3. The number of aliphatic hydroxyl groups is 3. The topological polar surface area (TPSA) is 60.7 Å². The Labute approximate surface area is 154 Å². The van der Waals surface area contributed by atoms with Gasteiger partial charge in [0.05, 0.1) is 0 Å². The van der Waals surface area contributed by atoms with E-state index in [-0.39, 0.29) is 0 Å². The standard InChI is InChI=1S/3C6H14O.ClH3Si/c3*1-6(2)4-3-5-7;1-2/h3*6-7H,3-5H2,1-2H3;2H3. The number of halogens is 1. The van der Waals surface area contributed by atoms with Gasteiger partial charge >= 0.3 is 0 Å². The molecule has 0 saturated heterocycles. The molecule has 0 saturated carbocycles. The lowest BCUT2D eigenvalue weighted by molar-refractivity contribution is 0.276. The van der Waals surface area contributed by atoms with Crippen LogP contribution in [0.4, 0.5) is 0 Å². The predicted octanol–water partition coefficient (Wildman–Crippen LogP) is 3.75. The normalized spacial score (nSPS) is 9.78. The van der Waals surface area contributed by atoms with Gasteiger partial charge in [-0.15, -0.1) is 0 Å². The van der Waals surface area contributed by atoms with Crippen molar-refractivity contribution in [1.29, 1.82) is 0 Å². The predicted molar refractivity (Wildman–Crippen MR) is 109 cm³/mol. The van der Waals surface area contributed by atoms with E-state index >= 15 is 0 Å². The molecule has 0 aromatic carbocycles. The highest BCUT2D eigenvalue weighted by molar-refractivity contribution is 6.80. The van der Waals surface area contributed by atoms with Crippen molar-refractivity contribution in [2.75, 3.05) is 19.8 Å². The van der Waals surface area contributed by atoms with Crippen molar-refractivity contribution in [3.05, 3.63) is 0 Å². The van der Waals surface area contributed by atoms with Gasteiger partial charge < -0.3 is 15.3 Å². The third kappa shape index (κ3) is 60.6. The van der Waals surface area contributed by atoms with Gasteiger partial charge in [0.1, 0.15) is 9.55 Å². The summed E-state index contributed by atoms with van der Waals surface area (Å²) in [6, 6.07) is 0. The van der Waals surface area contributed by atoms with Gasteiger partial charge in [-0.3, -0.25) is 0 Å². The first-order valence-electron chi connectivity index (χ1n) is 9.02. The Balaban J connectivity index is -0.000000111. The van der Waals surface area contributed by atoms with E-state index in [0.717, 1.165) is 65.8 Å². The van der Waals surface area contributed by atoms with Crippen molar-refractivity contribution in [2.24, 2.45) is 17.8 Å². The molecule has 0 aromatic rings. The van der Waals surface area contributed by atoms with Gasteiger partial charge in [-0.25, -0.2) is 0 Å². The molecule has 0 amide bonds. The molecule has 0 unspecified atom stereocenters. The molecule has 3 N–H and O–H groups in total. The second-order valence-electron chi connectivity index (χ2n) is 6.78. The molecular formula is C18H45ClO3Si. The summed E-state index contributed by atoms with van der Waals surface area (Å²) in [5.41, 5.74) is 0. The summed E-state index contributed by atoms with van der Waals surface area (Å²) in [4.78, 5) is 0. The minimum Gasteiger partial charge on any atom is -0.396 e. The molecule has 0 bridgehead atoms. The van der Waals surface area contributed by atoms with E-state index in [0.29, 0.717) is 19.8 Å². The van der Waals surface area contributed by atoms with Crippen molar-refractivity contribution < 1.29 is 15.3 Å². The lowest BCUT2D eigenvalue weighted by Gasteiger charge is -1.98. The van der Waals surface area contributed by atoms with Gasteiger partial charge in [0.2, 0.25) is 0 Å². The lowest BCUT2D eigenvalue weighted by Crippen LogP contribution is -1.89. The van der Waals surface area contributed by atoms with E-state index in [1.165, 1.54) is 0 Å². The van der Waals surface area contributed by atoms with Crippen LogP contribution in [0.5, 0.6) is 0 Å². The molecule has 3 nitrogen and oxygen atoms in total. The van der Waals surface area contributed by atoms with Crippen LogP contribution in [0.15, 0.2) is 0 Å². The molecule has 0 aliphatic carbocycles. The van der Waals surface area contributed by atoms with Crippen LogP contribution in [0.3, 0.4) is 0 Å². The van der Waals surface area contributed by atoms with Crippen LogP contribution in [0, 0.1) is 17.8 Å². The monoisotopic (exact) mass is 372 g/mol. The molecule has 0 heterocycles. The largest absolute Gasteiger partial charge is 0.396 e. The Kier molecular flexibility index (Phi) is 41.1. The van der Waals surface area contributed by atoms with E-state index in [1.54, 1.807) is 0 Å². The molecule has 0 fully saturated rings. The molecule has 23 heavy (non-hydrogen) atoms. The fraction of sp³-hybridized carbons (Fsp3) is 1.00. The van der Waals surface area contributed by atoms with Gasteiger partial charge in [-0.1, -0.05) is 41.5 Å². The second kappa shape index (κ2) is 30.3. The van der Waals surface area contributed by atoms with Gasteiger partial charge in [-0.2, -0.15) is 11.1 Å². The maximum atomic E-state index is 8.32. The van der Waals surface area contributed by atoms with Crippen LogP contribution in [-0.2, 0) is 0 Å². The summed E-state index contributed by atoms with van der Waals surface area (Å²) in [6.07, 6.45) is 6.32. The lowest BCUT2D eigenvalue weighted by atomic mass is 10.1. The summed E-state index contributed by atoms with van der Waals surface area (Å²) in [7, 11) is 0.778. The maximum Gasteiger partial charge on any atom is 0.109 e. The van der Waals surface area contributed by atoms with Gasteiger partial charge in [0, 0.05) is 19.8 Å². The fourth-order valence-corrected chi connectivity index (χ4v) is 1.50. The Bertz CT molecular complexity index is 140. The number of hydrogen-bond donors (Lipinski definition) is 3. The van der Waals surface area contributed by atoms with E-state index in [1.807, 2.05) is 0 Å². The van der Waals surface area contributed by atoms with Gasteiger partial charge in [0.15, 0.2) is 0 Å². The van der Waals surface area contributed by atoms with E-state index in [2.05, 4.69) is 41.5 Å². The van der Waals surface area contributed by atoms with Crippen molar-refractivity contribution in [3.8, 4) is 0 Å². The molecule has 0 aliphatic rings. The summed E-state index contributed by atoms with van der Waals surface area (Å²) >= 11 is 4.78. The highest BCUT2D eigenvalue weighted by atomic mass is 35.6. The smallest absolute Gasteiger partial charge is 0.109 e. The molecule has 0 atom stereocenters. The highest BCUT2D eigenvalue weighted by Gasteiger charge is 1.90. The number of rotatable bonds is 9. The zero-order valence-electron chi connectivity index (χ0n) is 16.8. The molecular weight excluding hydrogens is 328 g/mol. The molecule has 0 aliphatic heterocycles. The Morgan fingerprint density at radius 2 is 0.739 bits per heavy atom. The van der Waals surface area contributed by atoms with Crippen LogP contribution in [0.1, 0.15) is 80.1 Å². The quantitative estimate of drug-likeness (QED) is 0.426. The van der Waals surface area contributed by atoms with E-state index < -0.39 is 0 Å². The van der Waals surface area contributed by atoms with Crippen LogP contribution in [0.25, 0.3) is 0 Å². The third-order valence-electron chi connectivity index (χ3n) is 2.82. The van der Waals surface area contributed by atoms with Crippen molar-refractivity contribution >= 4 is 20.6 Å². The van der Waals surface area contributed by atoms with Crippen LogP contribution in [0.2, 0.25) is 0 Å². The average Bonchev–Trinajstić information content (AvgIpc) is 2.52. The van der Waals surface area contributed by atoms with Crippen molar-refractivity contribution in [3.63, 3.8) is 0 Å². The van der Waals surface area contributed by atoms with Crippen LogP contribution in [-0.4, -0.2) is 44.7 Å². The second-order valence-corrected chi connectivity index (χ2v) is 6.78. The minimum absolute atomic E-state index is 0.345. The first-order chi connectivity index (χ1) is 10.8. The van der Waals surface area contributed by atoms with Crippen molar-refractivity contribution in [1.82, 2.24) is 0 Å². The average molecular weight is 373 g/mol. The zero-order valence-corrected chi connectivity index (χ0v) is 19.6. The first-order valence-corrected chi connectivity index (χ1v) is 12.0. The highest BCUT2D eigenvalue weighted by Crippen LogP contribution is 2.02. The number of hydrogen-bond acceptors (Lipinski definition) is 3. The van der Waals surface area contributed by atoms with E-state index in [9.17, 15) is 0 Å². The summed E-state index contributed by atoms with van der Waals surface area (Å²) in [5, 5.41) is 24.9.